The number of rotatable bonds is 5. The molecule has 0 spiro atoms. The van der Waals surface area contributed by atoms with Crippen molar-refractivity contribution in [2.45, 2.75) is 25.3 Å². The van der Waals surface area contributed by atoms with Crippen molar-refractivity contribution in [3.05, 3.63) is 48.0 Å². The Balaban J connectivity index is 1.80. The van der Waals surface area contributed by atoms with Crippen LogP contribution in [0.25, 0.3) is 11.0 Å². The Bertz CT molecular complexity index is 1020. The van der Waals surface area contributed by atoms with E-state index in [4.69, 9.17) is 0 Å². The zero-order valence-electron chi connectivity index (χ0n) is 13.9. The molecule has 0 fully saturated rings. The number of sulfone groups is 1. The van der Waals surface area contributed by atoms with Crippen molar-refractivity contribution < 1.29 is 13.2 Å². The molecule has 25 heavy (non-hydrogen) atoms. The van der Waals surface area contributed by atoms with Crippen molar-refractivity contribution in [2.75, 3.05) is 11.1 Å². The number of nitrogens with one attached hydrogen (secondary N) is 1. The third-order valence-electron chi connectivity index (χ3n) is 3.93. The molecule has 0 saturated heterocycles. The second kappa shape index (κ2) is 6.64. The highest BCUT2D eigenvalue weighted by Gasteiger charge is 2.13. The SMILES string of the molecule is CCn1nnc2cc(C(=O)Nc3ccc(S(=O)(=O)CC)cc3)ccc21. The molecule has 1 aromatic heterocycles. The lowest BCUT2D eigenvalue weighted by Crippen LogP contribution is -2.12. The maximum absolute atomic E-state index is 12.4. The van der Waals surface area contributed by atoms with E-state index in [0.717, 1.165) is 5.52 Å². The molecule has 1 N–H and O–H groups in total. The van der Waals surface area contributed by atoms with E-state index in [9.17, 15) is 13.2 Å². The lowest BCUT2D eigenvalue weighted by molar-refractivity contribution is 0.102. The molecule has 0 radical (unpaired) electrons. The minimum atomic E-state index is -3.25. The minimum Gasteiger partial charge on any atom is -0.322 e. The van der Waals surface area contributed by atoms with Gasteiger partial charge in [-0.25, -0.2) is 13.1 Å². The highest BCUT2D eigenvalue weighted by Crippen LogP contribution is 2.18. The van der Waals surface area contributed by atoms with Crippen LogP contribution in [-0.4, -0.2) is 35.1 Å². The van der Waals surface area contributed by atoms with Gasteiger partial charge in [0, 0.05) is 17.8 Å². The average molecular weight is 358 g/mol. The summed E-state index contributed by atoms with van der Waals surface area (Å²) in [6.07, 6.45) is 0. The number of carbonyl (C=O) groups is 1. The Hall–Kier alpha value is -2.74. The number of aromatic nitrogens is 3. The highest BCUT2D eigenvalue weighted by atomic mass is 32.2. The fraction of sp³-hybridized carbons (Fsp3) is 0.235. The van der Waals surface area contributed by atoms with Crippen LogP contribution in [0.1, 0.15) is 24.2 Å². The molecule has 0 unspecified atom stereocenters. The van der Waals surface area contributed by atoms with Gasteiger partial charge < -0.3 is 5.32 Å². The Labute approximate surface area is 145 Å². The summed E-state index contributed by atoms with van der Waals surface area (Å²) in [5.41, 5.74) is 2.50. The molecule has 1 heterocycles. The standard InChI is InChI=1S/C17H18N4O3S/c1-3-21-16-10-5-12(11-15(16)19-20-21)17(22)18-13-6-8-14(9-7-13)25(23,24)4-2/h5-11H,3-4H2,1-2H3,(H,18,22). The van der Waals surface area contributed by atoms with Crippen LogP contribution in [0, 0.1) is 0 Å². The van der Waals surface area contributed by atoms with Gasteiger partial charge in [-0.05, 0) is 49.4 Å². The molecule has 2 aromatic carbocycles. The summed E-state index contributed by atoms with van der Waals surface area (Å²) in [6.45, 7) is 4.27. The fourth-order valence-corrected chi connectivity index (χ4v) is 3.35. The number of benzene rings is 2. The maximum Gasteiger partial charge on any atom is 0.255 e. The van der Waals surface area contributed by atoms with Crippen molar-refractivity contribution in [3.63, 3.8) is 0 Å². The number of hydrogen-bond acceptors (Lipinski definition) is 5. The average Bonchev–Trinajstić information content (AvgIpc) is 3.04. The van der Waals surface area contributed by atoms with Crippen LogP contribution >= 0.6 is 0 Å². The molecular weight excluding hydrogens is 340 g/mol. The number of carbonyl (C=O) groups excluding carboxylic acids is 1. The zero-order valence-corrected chi connectivity index (χ0v) is 14.7. The van der Waals surface area contributed by atoms with E-state index >= 15 is 0 Å². The van der Waals surface area contributed by atoms with E-state index in [1.807, 2.05) is 13.0 Å². The van der Waals surface area contributed by atoms with Gasteiger partial charge in [-0.3, -0.25) is 4.79 Å². The first-order chi connectivity index (χ1) is 11.9. The van der Waals surface area contributed by atoms with Crippen LogP contribution < -0.4 is 5.32 Å². The predicted octanol–water partition coefficient (Wildman–Crippen LogP) is 2.50. The summed E-state index contributed by atoms with van der Waals surface area (Å²) in [4.78, 5) is 12.6. The first-order valence-electron chi connectivity index (χ1n) is 7.92. The van der Waals surface area contributed by atoms with Gasteiger partial charge in [0.1, 0.15) is 5.52 Å². The molecule has 1 amide bonds. The first kappa shape index (κ1) is 17.1. The minimum absolute atomic E-state index is 0.0389. The zero-order chi connectivity index (χ0) is 18.0. The third kappa shape index (κ3) is 3.39. The quantitative estimate of drug-likeness (QED) is 0.756. The molecule has 0 aliphatic rings. The monoisotopic (exact) mass is 358 g/mol. The maximum atomic E-state index is 12.4. The van der Waals surface area contributed by atoms with Crippen molar-refractivity contribution >= 4 is 32.5 Å². The number of hydrogen-bond donors (Lipinski definition) is 1. The lowest BCUT2D eigenvalue weighted by Gasteiger charge is -2.07. The summed E-state index contributed by atoms with van der Waals surface area (Å²) in [6, 6.07) is 11.3. The lowest BCUT2D eigenvalue weighted by atomic mass is 10.2. The van der Waals surface area contributed by atoms with Gasteiger partial charge in [-0.15, -0.1) is 5.10 Å². The summed E-state index contributed by atoms with van der Waals surface area (Å²) < 4.78 is 25.4. The molecular formula is C17H18N4O3S. The van der Waals surface area contributed by atoms with E-state index in [2.05, 4.69) is 15.6 Å². The van der Waals surface area contributed by atoms with Gasteiger partial charge in [-0.1, -0.05) is 12.1 Å². The Kier molecular flexibility index (Phi) is 4.54. The van der Waals surface area contributed by atoms with E-state index in [-0.39, 0.29) is 16.6 Å². The van der Waals surface area contributed by atoms with Gasteiger partial charge in [0.15, 0.2) is 9.84 Å². The highest BCUT2D eigenvalue weighted by molar-refractivity contribution is 7.91. The first-order valence-corrected chi connectivity index (χ1v) is 9.57. The van der Waals surface area contributed by atoms with Crippen LogP contribution in [-0.2, 0) is 16.4 Å². The second-order valence-corrected chi connectivity index (χ2v) is 7.77. The van der Waals surface area contributed by atoms with E-state index < -0.39 is 9.84 Å². The molecule has 7 nitrogen and oxygen atoms in total. The summed E-state index contributed by atoms with van der Waals surface area (Å²) in [5.74, 6) is -0.254. The van der Waals surface area contributed by atoms with Gasteiger partial charge in [-0.2, -0.15) is 0 Å². The smallest absolute Gasteiger partial charge is 0.255 e. The summed E-state index contributed by atoms with van der Waals surface area (Å²) >= 11 is 0. The van der Waals surface area contributed by atoms with E-state index in [1.165, 1.54) is 12.1 Å². The van der Waals surface area contributed by atoms with Gasteiger partial charge in [0.05, 0.1) is 16.2 Å². The van der Waals surface area contributed by atoms with Gasteiger partial charge >= 0.3 is 0 Å². The Morgan fingerprint density at radius 2 is 1.84 bits per heavy atom. The Morgan fingerprint density at radius 3 is 2.48 bits per heavy atom. The van der Waals surface area contributed by atoms with Gasteiger partial charge in [0.2, 0.25) is 0 Å². The van der Waals surface area contributed by atoms with Crippen molar-refractivity contribution in [2.24, 2.45) is 0 Å². The van der Waals surface area contributed by atoms with E-state index in [1.54, 1.807) is 35.9 Å². The fourth-order valence-electron chi connectivity index (χ4n) is 2.46. The molecule has 3 rings (SSSR count). The third-order valence-corrected chi connectivity index (χ3v) is 5.68. The topological polar surface area (TPSA) is 93.9 Å². The Morgan fingerprint density at radius 1 is 1.12 bits per heavy atom. The molecule has 0 bridgehead atoms. The van der Waals surface area contributed by atoms with Crippen LogP contribution in [0.4, 0.5) is 5.69 Å². The number of anilines is 1. The number of aryl methyl sites for hydroxylation is 1. The molecule has 3 aromatic rings. The van der Waals surface area contributed by atoms with E-state index in [0.29, 0.717) is 23.3 Å². The summed E-state index contributed by atoms with van der Waals surface area (Å²) in [5, 5.41) is 10.8. The number of fused-ring (bicyclic) bond motifs is 1. The molecule has 0 aliphatic carbocycles. The molecule has 8 heteroatoms. The molecule has 0 atom stereocenters. The molecule has 0 aliphatic heterocycles. The van der Waals surface area contributed by atoms with Crippen LogP contribution in [0.5, 0.6) is 0 Å². The number of nitrogens with zero attached hydrogens (tertiary/aromatic N) is 3. The van der Waals surface area contributed by atoms with Gasteiger partial charge in [0.25, 0.3) is 5.91 Å². The van der Waals surface area contributed by atoms with Crippen LogP contribution in [0.3, 0.4) is 0 Å². The van der Waals surface area contributed by atoms with Crippen molar-refractivity contribution in [1.29, 1.82) is 0 Å². The normalized spacial score (nSPS) is 11.6. The molecule has 0 saturated carbocycles. The van der Waals surface area contributed by atoms with Crippen molar-refractivity contribution in [1.82, 2.24) is 15.0 Å². The van der Waals surface area contributed by atoms with Crippen molar-refractivity contribution in [3.8, 4) is 0 Å². The number of amides is 1. The second-order valence-electron chi connectivity index (χ2n) is 5.49. The van der Waals surface area contributed by atoms with Crippen LogP contribution in [0.15, 0.2) is 47.4 Å². The van der Waals surface area contributed by atoms with Crippen LogP contribution in [0.2, 0.25) is 0 Å². The molecule has 130 valence electrons. The summed E-state index contributed by atoms with van der Waals surface area (Å²) in [7, 11) is -3.25. The predicted molar refractivity (Wildman–Crippen MR) is 95.3 cm³/mol. The largest absolute Gasteiger partial charge is 0.322 e.